The predicted molar refractivity (Wildman–Crippen MR) is 161 cm³/mol. The van der Waals surface area contributed by atoms with Crippen LogP contribution in [0.15, 0.2) is 72.8 Å². The molecule has 0 bridgehead atoms. The monoisotopic (exact) mass is 584 g/mol. The van der Waals surface area contributed by atoms with Crippen molar-refractivity contribution in [2.75, 3.05) is 12.9 Å². The molecule has 1 fully saturated rings. The van der Waals surface area contributed by atoms with Gasteiger partial charge in [-0.1, -0.05) is 84.6 Å². The highest BCUT2D eigenvalue weighted by atomic mass is 35.5. The van der Waals surface area contributed by atoms with E-state index in [9.17, 15) is 9.59 Å². The molecule has 0 aromatic heterocycles. The van der Waals surface area contributed by atoms with Crippen molar-refractivity contribution in [2.45, 2.75) is 56.5 Å². The van der Waals surface area contributed by atoms with Gasteiger partial charge in [-0.25, -0.2) is 0 Å². The first-order valence-corrected chi connectivity index (χ1v) is 15.1. The molecular weight excluding hydrogens is 551 g/mol. The van der Waals surface area contributed by atoms with Crippen LogP contribution in [0.1, 0.15) is 42.4 Å². The fourth-order valence-electron chi connectivity index (χ4n) is 4.88. The van der Waals surface area contributed by atoms with E-state index in [0.29, 0.717) is 34.5 Å². The van der Waals surface area contributed by atoms with Crippen molar-refractivity contribution in [2.24, 2.45) is 0 Å². The number of nitrogens with one attached hydrogen (secondary N) is 1. The van der Waals surface area contributed by atoms with Crippen LogP contribution in [-0.2, 0) is 28.3 Å². The first-order valence-electron chi connectivity index (χ1n) is 13.2. The molecule has 0 radical (unpaired) electrons. The van der Waals surface area contributed by atoms with Crippen LogP contribution >= 0.6 is 35.0 Å². The highest BCUT2D eigenvalue weighted by molar-refractivity contribution is 7.99. The van der Waals surface area contributed by atoms with E-state index >= 15 is 0 Å². The number of carbonyl (C=O) groups is 2. The molecule has 2 amide bonds. The predicted octanol–water partition coefficient (Wildman–Crippen LogP) is 6.93. The summed E-state index contributed by atoms with van der Waals surface area (Å²) < 4.78 is 5.41. The first kappa shape index (κ1) is 29.3. The Bertz CT molecular complexity index is 1230. The van der Waals surface area contributed by atoms with Gasteiger partial charge in [0.1, 0.15) is 11.8 Å². The quantitative estimate of drug-likeness (QED) is 0.250. The van der Waals surface area contributed by atoms with Gasteiger partial charge in [0.25, 0.3) is 0 Å². The molecule has 3 aromatic carbocycles. The molecule has 0 aliphatic heterocycles. The summed E-state index contributed by atoms with van der Waals surface area (Å²) in [5, 5.41) is 4.40. The lowest BCUT2D eigenvalue weighted by Gasteiger charge is -2.32. The maximum Gasteiger partial charge on any atom is 0.243 e. The Morgan fingerprint density at radius 3 is 2.33 bits per heavy atom. The van der Waals surface area contributed by atoms with Crippen molar-refractivity contribution in [1.82, 2.24) is 10.2 Å². The number of nitrogens with zero attached hydrogens (tertiary/aromatic N) is 1. The lowest BCUT2D eigenvalue weighted by atomic mass is 10.0. The number of amides is 2. The van der Waals surface area contributed by atoms with Crippen LogP contribution in [-0.4, -0.2) is 41.7 Å². The number of hydrogen-bond acceptors (Lipinski definition) is 4. The lowest BCUT2D eigenvalue weighted by molar-refractivity contribution is -0.139. The molecule has 4 rings (SSSR count). The van der Waals surface area contributed by atoms with E-state index in [4.69, 9.17) is 27.9 Å². The van der Waals surface area contributed by atoms with Crippen molar-refractivity contribution < 1.29 is 14.3 Å². The molecule has 1 atom stereocenters. The van der Waals surface area contributed by atoms with Gasteiger partial charge in [-0.05, 0) is 53.8 Å². The third kappa shape index (κ3) is 8.41. The summed E-state index contributed by atoms with van der Waals surface area (Å²) in [6.07, 6.45) is 4.60. The van der Waals surface area contributed by atoms with Gasteiger partial charge in [0.15, 0.2) is 0 Å². The Balaban J connectivity index is 1.59. The fraction of sp³-hybridized carbons (Fsp3) is 0.355. The molecule has 0 heterocycles. The lowest BCUT2D eigenvalue weighted by Crippen LogP contribution is -2.52. The minimum absolute atomic E-state index is 0.110. The minimum Gasteiger partial charge on any atom is -0.497 e. The van der Waals surface area contributed by atoms with Crippen molar-refractivity contribution in [1.29, 1.82) is 0 Å². The first-order chi connectivity index (χ1) is 18.9. The zero-order chi connectivity index (χ0) is 27.6. The number of rotatable bonds is 12. The summed E-state index contributed by atoms with van der Waals surface area (Å²) in [6.45, 7) is 0.291. The number of thioether (sulfide) groups is 1. The van der Waals surface area contributed by atoms with Gasteiger partial charge in [-0.2, -0.15) is 0 Å². The molecule has 1 saturated carbocycles. The summed E-state index contributed by atoms with van der Waals surface area (Å²) in [7, 11) is 1.62. The second kappa shape index (κ2) is 14.6. The van der Waals surface area contributed by atoms with E-state index < -0.39 is 6.04 Å². The highest BCUT2D eigenvalue weighted by Gasteiger charge is 2.32. The highest BCUT2D eigenvalue weighted by Crippen LogP contribution is 2.29. The summed E-state index contributed by atoms with van der Waals surface area (Å²) >= 11 is 14.1. The number of carbonyl (C=O) groups excluding carboxylic acids is 2. The Morgan fingerprint density at radius 1 is 0.974 bits per heavy atom. The number of methoxy groups -OCH3 is 1. The van der Waals surface area contributed by atoms with Crippen LogP contribution in [0.4, 0.5) is 0 Å². The van der Waals surface area contributed by atoms with E-state index in [0.717, 1.165) is 42.4 Å². The van der Waals surface area contributed by atoms with Crippen LogP contribution in [0.5, 0.6) is 5.75 Å². The van der Waals surface area contributed by atoms with Gasteiger partial charge in [-0.3, -0.25) is 9.59 Å². The van der Waals surface area contributed by atoms with Crippen molar-refractivity contribution >= 4 is 46.8 Å². The molecule has 8 heteroatoms. The smallest absolute Gasteiger partial charge is 0.243 e. The third-order valence-electron chi connectivity index (χ3n) is 6.99. The molecule has 0 saturated heterocycles. The Hall–Kier alpha value is -2.67. The van der Waals surface area contributed by atoms with E-state index in [2.05, 4.69) is 5.32 Å². The maximum atomic E-state index is 13.9. The zero-order valence-corrected chi connectivity index (χ0v) is 24.4. The van der Waals surface area contributed by atoms with Crippen LogP contribution in [0.25, 0.3) is 0 Å². The molecule has 39 heavy (non-hydrogen) atoms. The summed E-state index contributed by atoms with van der Waals surface area (Å²) in [4.78, 5) is 29.4. The fourth-order valence-corrected chi connectivity index (χ4v) is 6.53. The minimum atomic E-state index is -0.656. The van der Waals surface area contributed by atoms with Gasteiger partial charge in [-0.15, -0.1) is 11.8 Å². The average molecular weight is 586 g/mol. The van der Waals surface area contributed by atoms with Crippen molar-refractivity contribution in [3.63, 3.8) is 0 Å². The van der Waals surface area contributed by atoms with E-state index in [1.807, 2.05) is 54.6 Å². The van der Waals surface area contributed by atoms with Crippen LogP contribution < -0.4 is 10.1 Å². The van der Waals surface area contributed by atoms with Crippen LogP contribution in [0.3, 0.4) is 0 Å². The zero-order valence-electron chi connectivity index (χ0n) is 22.1. The number of benzene rings is 3. The molecule has 1 aliphatic rings. The summed E-state index contributed by atoms with van der Waals surface area (Å²) in [5.74, 6) is 1.16. The van der Waals surface area contributed by atoms with E-state index in [-0.39, 0.29) is 23.6 Å². The Labute approximate surface area is 245 Å². The van der Waals surface area contributed by atoms with Crippen molar-refractivity contribution in [3.05, 3.63) is 99.5 Å². The second-order valence-corrected chi connectivity index (χ2v) is 11.6. The Morgan fingerprint density at radius 2 is 1.64 bits per heavy atom. The number of halogens is 2. The Kier molecular flexibility index (Phi) is 11.0. The molecule has 0 unspecified atom stereocenters. The van der Waals surface area contributed by atoms with Gasteiger partial charge >= 0.3 is 0 Å². The summed E-state index contributed by atoms with van der Waals surface area (Å²) in [6, 6.07) is 22.4. The number of hydrogen-bond donors (Lipinski definition) is 1. The molecule has 1 aliphatic carbocycles. The van der Waals surface area contributed by atoms with Gasteiger partial charge in [0, 0.05) is 34.8 Å². The van der Waals surface area contributed by atoms with Crippen LogP contribution in [0, 0.1) is 0 Å². The SMILES string of the molecule is COc1cccc(CN(C(=O)CSCc2c(Cl)cccc2Cl)[C@@H](Cc2ccccc2)C(=O)NC2CCCC2)c1. The number of ether oxygens (including phenoxy) is 1. The molecule has 0 spiro atoms. The van der Waals surface area contributed by atoms with Gasteiger partial charge < -0.3 is 15.0 Å². The van der Waals surface area contributed by atoms with Crippen LogP contribution in [0.2, 0.25) is 10.0 Å². The third-order valence-corrected chi connectivity index (χ3v) is 8.65. The van der Waals surface area contributed by atoms with E-state index in [1.165, 1.54) is 11.8 Å². The topological polar surface area (TPSA) is 58.6 Å². The summed E-state index contributed by atoms with van der Waals surface area (Å²) in [5.41, 5.74) is 2.70. The van der Waals surface area contributed by atoms with Gasteiger partial charge in [0.05, 0.1) is 12.9 Å². The molecule has 3 aromatic rings. The molecule has 206 valence electrons. The standard InChI is InChI=1S/C31H34Cl2N2O3S/c1-38-25-14-7-11-23(17-25)19-35(30(36)21-39-20-26-27(32)15-8-16-28(26)33)29(18-22-9-3-2-4-10-22)31(37)34-24-12-5-6-13-24/h2-4,7-11,14-17,24,29H,5-6,12-13,18-21H2,1H3,(H,34,37)/t29-/m0/s1. The average Bonchev–Trinajstić information content (AvgIpc) is 3.46. The molecule has 1 N–H and O–H groups in total. The normalized spacial score (nSPS) is 14.1. The van der Waals surface area contributed by atoms with Gasteiger partial charge in [0.2, 0.25) is 11.8 Å². The molecular formula is C31H34Cl2N2O3S. The second-order valence-electron chi connectivity index (χ2n) is 9.76. The molecule has 5 nitrogen and oxygen atoms in total. The van der Waals surface area contributed by atoms with Crippen molar-refractivity contribution in [3.8, 4) is 5.75 Å². The van der Waals surface area contributed by atoms with E-state index in [1.54, 1.807) is 30.2 Å². The largest absolute Gasteiger partial charge is 0.497 e. The maximum absolute atomic E-state index is 13.9.